The van der Waals surface area contributed by atoms with Gasteiger partial charge in [-0.2, -0.15) is 0 Å². The molecular formula is C20H23FN4O3. The molecule has 0 radical (unpaired) electrons. The lowest BCUT2D eigenvalue weighted by molar-refractivity contribution is -0.184. The first kappa shape index (κ1) is 18.8. The number of nitrogens with two attached hydrogens (primary N) is 1. The van der Waals surface area contributed by atoms with Crippen LogP contribution < -0.4 is 11.1 Å². The number of hydrogen-bond donors (Lipinski definition) is 3. The quantitative estimate of drug-likeness (QED) is 0.725. The molecule has 2 aliphatic rings. The van der Waals surface area contributed by atoms with E-state index in [1.165, 1.54) is 0 Å². The summed E-state index contributed by atoms with van der Waals surface area (Å²) in [6.07, 6.45) is 4.17. The largest absolute Gasteiger partial charge is 0.380 e. The Hall–Kier alpha value is -2.58. The maximum atomic E-state index is 14.4. The number of carbonyl (C=O) groups is 1. The van der Waals surface area contributed by atoms with Crippen LogP contribution in [0.25, 0.3) is 11.3 Å². The molecule has 2 fully saturated rings. The van der Waals surface area contributed by atoms with Crippen molar-refractivity contribution in [1.29, 1.82) is 0 Å². The zero-order chi connectivity index (χ0) is 19.7. The van der Waals surface area contributed by atoms with Gasteiger partial charge >= 0.3 is 0 Å². The third kappa shape index (κ3) is 3.70. The number of anilines is 1. The zero-order valence-corrected chi connectivity index (χ0v) is 15.4. The van der Waals surface area contributed by atoms with Gasteiger partial charge in [-0.25, -0.2) is 14.4 Å². The van der Waals surface area contributed by atoms with Crippen LogP contribution >= 0.6 is 0 Å². The highest BCUT2D eigenvalue weighted by atomic mass is 19.1. The van der Waals surface area contributed by atoms with Gasteiger partial charge in [-0.05, 0) is 37.3 Å². The van der Waals surface area contributed by atoms with Crippen LogP contribution in [0.1, 0.15) is 31.2 Å². The van der Waals surface area contributed by atoms with Crippen molar-refractivity contribution < 1.29 is 19.0 Å². The van der Waals surface area contributed by atoms with Gasteiger partial charge in [0.1, 0.15) is 11.3 Å². The van der Waals surface area contributed by atoms with E-state index in [4.69, 9.17) is 10.5 Å². The normalized spacial score (nSPS) is 23.6. The van der Waals surface area contributed by atoms with E-state index >= 15 is 0 Å². The molecule has 0 bridgehead atoms. The van der Waals surface area contributed by atoms with Gasteiger partial charge in [-0.1, -0.05) is 18.2 Å². The van der Waals surface area contributed by atoms with Crippen molar-refractivity contribution in [3.05, 3.63) is 41.8 Å². The van der Waals surface area contributed by atoms with Crippen molar-refractivity contribution in [3.8, 4) is 11.3 Å². The number of rotatable bonds is 5. The molecule has 4 rings (SSSR count). The van der Waals surface area contributed by atoms with Crippen molar-refractivity contribution >= 4 is 11.9 Å². The van der Waals surface area contributed by atoms with E-state index in [9.17, 15) is 14.3 Å². The molecule has 1 aromatic heterocycles. The first-order chi connectivity index (χ1) is 13.4. The standard InChI is InChI=1S/C20H23FN4O3/c21-16-9-23-19(24-15-6-4-12(5-7-15)18(22)26)25-17(16)13-2-1-3-14(8-13)20(27)10-28-11-20/h1-3,8-9,12,15,27H,4-7,10-11H2,(H2,22,26)(H,23,24,25)/t12-,15-. The minimum absolute atomic E-state index is 0.0771. The SMILES string of the molecule is NC(=O)[C@H]1CC[C@H](Nc2ncc(F)c(-c3cccc(C4(O)COC4)c3)n2)CC1. The molecule has 2 heterocycles. The molecule has 0 atom stereocenters. The Labute approximate surface area is 162 Å². The predicted octanol–water partition coefficient (Wildman–Crippen LogP) is 1.96. The molecule has 0 spiro atoms. The van der Waals surface area contributed by atoms with Crippen molar-refractivity contribution in [2.24, 2.45) is 11.7 Å². The molecule has 8 heteroatoms. The number of nitrogens with one attached hydrogen (secondary N) is 1. The van der Waals surface area contributed by atoms with Crippen LogP contribution in [0.2, 0.25) is 0 Å². The summed E-state index contributed by atoms with van der Waals surface area (Å²) in [7, 11) is 0. The summed E-state index contributed by atoms with van der Waals surface area (Å²) in [6.45, 7) is 0.451. The van der Waals surface area contributed by atoms with E-state index < -0.39 is 11.4 Å². The van der Waals surface area contributed by atoms with Crippen LogP contribution in [-0.2, 0) is 15.1 Å². The van der Waals surface area contributed by atoms with Gasteiger partial charge in [0.25, 0.3) is 0 Å². The van der Waals surface area contributed by atoms with E-state index in [-0.39, 0.29) is 36.8 Å². The number of halogens is 1. The first-order valence-corrected chi connectivity index (χ1v) is 9.44. The Morgan fingerprint density at radius 2 is 2.04 bits per heavy atom. The van der Waals surface area contributed by atoms with Crippen molar-refractivity contribution in [1.82, 2.24) is 9.97 Å². The fourth-order valence-corrected chi connectivity index (χ4v) is 3.76. The molecule has 1 amide bonds. The molecular weight excluding hydrogens is 363 g/mol. The van der Waals surface area contributed by atoms with Crippen molar-refractivity contribution in [3.63, 3.8) is 0 Å². The highest BCUT2D eigenvalue weighted by Gasteiger charge is 2.38. The molecule has 1 saturated carbocycles. The lowest BCUT2D eigenvalue weighted by Gasteiger charge is -2.36. The van der Waals surface area contributed by atoms with E-state index in [1.54, 1.807) is 24.3 Å². The predicted molar refractivity (Wildman–Crippen MR) is 101 cm³/mol. The molecule has 7 nitrogen and oxygen atoms in total. The van der Waals surface area contributed by atoms with Crippen LogP contribution in [0.15, 0.2) is 30.5 Å². The second kappa shape index (κ2) is 7.44. The zero-order valence-electron chi connectivity index (χ0n) is 15.4. The number of amides is 1. The Bertz CT molecular complexity index is 880. The Morgan fingerprint density at radius 3 is 2.68 bits per heavy atom. The monoisotopic (exact) mass is 386 g/mol. The molecule has 1 aromatic carbocycles. The number of nitrogens with zero attached hydrogens (tertiary/aromatic N) is 2. The molecule has 1 aliphatic heterocycles. The molecule has 0 unspecified atom stereocenters. The van der Waals surface area contributed by atoms with E-state index in [0.29, 0.717) is 17.1 Å². The molecule has 4 N–H and O–H groups in total. The minimum atomic E-state index is -1.03. The van der Waals surface area contributed by atoms with Gasteiger partial charge in [0.15, 0.2) is 5.82 Å². The Kier molecular flexibility index (Phi) is 4.99. The number of primary amides is 1. The topological polar surface area (TPSA) is 110 Å². The lowest BCUT2D eigenvalue weighted by Crippen LogP contribution is -2.46. The summed E-state index contributed by atoms with van der Waals surface area (Å²) in [4.78, 5) is 19.7. The Balaban J connectivity index is 1.52. The smallest absolute Gasteiger partial charge is 0.223 e. The third-order valence-electron chi connectivity index (χ3n) is 5.56. The molecule has 2 aromatic rings. The second-order valence-corrected chi connectivity index (χ2v) is 7.59. The van der Waals surface area contributed by atoms with Crippen molar-refractivity contribution in [2.45, 2.75) is 37.3 Å². The fraction of sp³-hybridized carbons (Fsp3) is 0.450. The van der Waals surface area contributed by atoms with E-state index in [0.717, 1.165) is 31.9 Å². The minimum Gasteiger partial charge on any atom is -0.380 e. The van der Waals surface area contributed by atoms with Crippen LogP contribution in [-0.4, -0.2) is 40.2 Å². The number of aromatic nitrogens is 2. The van der Waals surface area contributed by atoms with Gasteiger partial charge in [0.05, 0.1) is 19.4 Å². The molecule has 1 aliphatic carbocycles. The molecule has 1 saturated heterocycles. The summed E-state index contributed by atoms with van der Waals surface area (Å²) in [5.41, 5.74) is 5.76. The van der Waals surface area contributed by atoms with Gasteiger partial charge in [-0.3, -0.25) is 4.79 Å². The number of ether oxygens (including phenoxy) is 1. The number of aliphatic hydroxyl groups is 1. The first-order valence-electron chi connectivity index (χ1n) is 9.44. The maximum Gasteiger partial charge on any atom is 0.223 e. The van der Waals surface area contributed by atoms with Crippen LogP contribution in [0, 0.1) is 11.7 Å². The van der Waals surface area contributed by atoms with E-state index in [2.05, 4.69) is 15.3 Å². The average molecular weight is 386 g/mol. The second-order valence-electron chi connectivity index (χ2n) is 7.59. The Morgan fingerprint density at radius 1 is 1.29 bits per heavy atom. The average Bonchev–Trinajstić information content (AvgIpc) is 2.68. The summed E-state index contributed by atoms with van der Waals surface area (Å²) in [5, 5.41) is 13.7. The van der Waals surface area contributed by atoms with Crippen molar-refractivity contribution in [2.75, 3.05) is 18.5 Å². The summed E-state index contributed by atoms with van der Waals surface area (Å²) in [5.74, 6) is -0.518. The number of benzene rings is 1. The van der Waals surface area contributed by atoms with Crippen LogP contribution in [0.4, 0.5) is 10.3 Å². The van der Waals surface area contributed by atoms with Gasteiger partial charge < -0.3 is 20.9 Å². The van der Waals surface area contributed by atoms with Crippen LogP contribution in [0.3, 0.4) is 0 Å². The summed E-state index contributed by atoms with van der Waals surface area (Å²) >= 11 is 0. The highest BCUT2D eigenvalue weighted by molar-refractivity contribution is 5.76. The number of hydrogen-bond acceptors (Lipinski definition) is 6. The van der Waals surface area contributed by atoms with Crippen LogP contribution in [0.5, 0.6) is 0 Å². The maximum absolute atomic E-state index is 14.4. The lowest BCUT2D eigenvalue weighted by atomic mass is 9.86. The summed E-state index contributed by atoms with van der Waals surface area (Å²) in [6, 6.07) is 7.16. The van der Waals surface area contributed by atoms with Gasteiger partial charge in [0.2, 0.25) is 11.9 Å². The summed E-state index contributed by atoms with van der Waals surface area (Å²) < 4.78 is 19.5. The number of carbonyl (C=O) groups excluding carboxylic acids is 1. The molecule has 28 heavy (non-hydrogen) atoms. The third-order valence-corrected chi connectivity index (χ3v) is 5.56. The van der Waals surface area contributed by atoms with Gasteiger partial charge in [0, 0.05) is 17.5 Å². The van der Waals surface area contributed by atoms with Gasteiger partial charge in [-0.15, -0.1) is 0 Å². The fourth-order valence-electron chi connectivity index (χ4n) is 3.76. The molecule has 148 valence electrons. The highest BCUT2D eigenvalue weighted by Crippen LogP contribution is 2.32. The van der Waals surface area contributed by atoms with E-state index in [1.807, 2.05) is 0 Å².